The second-order valence-electron chi connectivity index (χ2n) is 6.18. The summed E-state index contributed by atoms with van der Waals surface area (Å²) in [6.45, 7) is 8.38. The third-order valence-corrected chi connectivity index (χ3v) is 4.38. The first-order valence-electron chi connectivity index (χ1n) is 6.96. The fourth-order valence-corrected chi connectivity index (χ4v) is 2.77. The van der Waals surface area contributed by atoms with E-state index in [0.29, 0.717) is 17.4 Å². The molecule has 0 radical (unpaired) electrons. The van der Waals surface area contributed by atoms with E-state index in [0.717, 1.165) is 17.7 Å². The van der Waals surface area contributed by atoms with Crippen molar-refractivity contribution < 1.29 is 0 Å². The van der Waals surface area contributed by atoms with E-state index in [1.54, 1.807) is 0 Å². The molecule has 19 heavy (non-hydrogen) atoms. The first-order valence-corrected chi connectivity index (χ1v) is 6.96. The second-order valence-corrected chi connectivity index (χ2v) is 6.18. The standard InChI is InChI=1S/C15H22N4/c1-10-11(2)18-19-14(12(10)9-16)17-13-7-5-6-8-15(13,3)4/h13H,5-8H2,1-4H3,(H,17,19). The van der Waals surface area contributed by atoms with Crippen LogP contribution in [0.25, 0.3) is 0 Å². The van der Waals surface area contributed by atoms with E-state index in [9.17, 15) is 5.26 Å². The quantitative estimate of drug-likeness (QED) is 0.883. The van der Waals surface area contributed by atoms with Gasteiger partial charge in [0, 0.05) is 6.04 Å². The zero-order chi connectivity index (χ0) is 14.0. The number of hydrogen-bond acceptors (Lipinski definition) is 4. The number of nitrogens with zero attached hydrogens (tertiary/aromatic N) is 3. The number of rotatable bonds is 2. The van der Waals surface area contributed by atoms with Crippen LogP contribution in [-0.4, -0.2) is 16.2 Å². The molecule has 1 fully saturated rings. The summed E-state index contributed by atoms with van der Waals surface area (Å²) in [5.74, 6) is 0.644. The van der Waals surface area contributed by atoms with Crippen molar-refractivity contribution in [3.63, 3.8) is 0 Å². The van der Waals surface area contributed by atoms with E-state index in [1.807, 2.05) is 13.8 Å². The van der Waals surface area contributed by atoms with E-state index in [1.165, 1.54) is 19.3 Å². The minimum absolute atomic E-state index is 0.242. The fourth-order valence-electron chi connectivity index (χ4n) is 2.77. The highest BCUT2D eigenvalue weighted by atomic mass is 15.2. The molecular formula is C15H22N4. The van der Waals surface area contributed by atoms with Crippen molar-refractivity contribution >= 4 is 5.82 Å². The molecule has 0 aliphatic heterocycles. The summed E-state index contributed by atoms with van der Waals surface area (Å²) in [6.07, 6.45) is 4.87. The molecule has 1 aliphatic rings. The predicted octanol–water partition coefficient (Wildman–Crippen LogP) is 3.35. The molecule has 0 aromatic carbocycles. The lowest BCUT2D eigenvalue weighted by Crippen LogP contribution is -2.39. The van der Waals surface area contributed by atoms with Crippen LogP contribution in [0.15, 0.2) is 0 Å². The first kappa shape index (κ1) is 13.8. The van der Waals surface area contributed by atoms with Crippen LogP contribution in [0.3, 0.4) is 0 Å². The minimum atomic E-state index is 0.242. The lowest BCUT2D eigenvalue weighted by atomic mass is 9.73. The van der Waals surface area contributed by atoms with Gasteiger partial charge in [-0.1, -0.05) is 26.7 Å². The fraction of sp³-hybridized carbons (Fsp3) is 0.667. The Kier molecular flexibility index (Phi) is 3.75. The van der Waals surface area contributed by atoms with Gasteiger partial charge in [-0.3, -0.25) is 0 Å². The molecular weight excluding hydrogens is 236 g/mol. The third kappa shape index (κ3) is 2.70. The van der Waals surface area contributed by atoms with Crippen molar-refractivity contribution in [3.05, 3.63) is 16.8 Å². The Bertz CT molecular complexity index is 514. The van der Waals surface area contributed by atoms with E-state index in [4.69, 9.17) is 0 Å². The Morgan fingerprint density at radius 3 is 2.63 bits per heavy atom. The van der Waals surface area contributed by atoms with Crippen LogP contribution in [0, 0.1) is 30.6 Å². The molecule has 1 saturated carbocycles. The lowest BCUT2D eigenvalue weighted by molar-refractivity contribution is 0.216. The van der Waals surface area contributed by atoms with Gasteiger partial charge in [0.05, 0.1) is 5.69 Å². The van der Waals surface area contributed by atoms with E-state index >= 15 is 0 Å². The van der Waals surface area contributed by atoms with Crippen LogP contribution >= 0.6 is 0 Å². The molecule has 4 heteroatoms. The molecule has 0 spiro atoms. The number of anilines is 1. The van der Waals surface area contributed by atoms with E-state index in [-0.39, 0.29) is 5.41 Å². The van der Waals surface area contributed by atoms with Crippen LogP contribution in [0.4, 0.5) is 5.82 Å². The van der Waals surface area contributed by atoms with Gasteiger partial charge >= 0.3 is 0 Å². The number of aryl methyl sites for hydroxylation is 1. The average Bonchev–Trinajstić information content (AvgIpc) is 2.36. The highest BCUT2D eigenvalue weighted by Gasteiger charge is 2.33. The zero-order valence-electron chi connectivity index (χ0n) is 12.2. The molecule has 0 bridgehead atoms. The molecule has 1 aromatic heterocycles. The van der Waals surface area contributed by atoms with Crippen LogP contribution in [0.2, 0.25) is 0 Å². The molecule has 0 saturated heterocycles. The third-order valence-electron chi connectivity index (χ3n) is 4.38. The highest BCUT2D eigenvalue weighted by Crippen LogP contribution is 2.37. The number of nitrogens with one attached hydrogen (secondary N) is 1. The monoisotopic (exact) mass is 258 g/mol. The molecule has 1 atom stereocenters. The summed E-state index contributed by atoms with van der Waals surface area (Å²) < 4.78 is 0. The molecule has 1 heterocycles. The van der Waals surface area contributed by atoms with Gasteiger partial charge in [0.2, 0.25) is 0 Å². The summed E-state index contributed by atoms with van der Waals surface area (Å²) >= 11 is 0. The lowest BCUT2D eigenvalue weighted by Gasteiger charge is -2.39. The van der Waals surface area contributed by atoms with Crippen LogP contribution in [-0.2, 0) is 0 Å². The van der Waals surface area contributed by atoms with Crippen LogP contribution < -0.4 is 5.32 Å². The smallest absolute Gasteiger partial charge is 0.167 e. The molecule has 1 unspecified atom stereocenters. The molecule has 1 N–H and O–H groups in total. The highest BCUT2D eigenvalue weighted by molar-refractivity contribution is 5.56. The second kappa shape index (κ2) is 5.16. The number of hydrogen-bond donors (Lipinski definition) is 1. The topological polar surface area (TPSA) is 61.6 Å². The maximum atomic E-state index is 9.33. The van der Waals surface area contributed by atoms with Gasteiger partial charge in [-0.05, 0) is 37.7 Å². The summed E-state index contributed by atoms with van der Waals surface area (Å²) in [5, 5.41) is 21.1. The number of aromatic nitrogens is 2. The first-order chi connectivity index (χ1) is 8.95. The maximum absolute atomic E-state index is 9.33. The van der Waals surface area contributed by atoms with E-state index in [2.05, 4.69) is 35.4 Å². The van der Waals surface area contributed by atoms with Crippen molar-refractivity contribution in [2.24, 2.45) is 5.41 Å². The van der Waals surface area contributed by atoms with Crippen molar-refractivity contribution in [2.75, 3.05) is 5.32 Å². The summed E-state index contributed by atoms with van der Waals surface area (Å²) in [7, 11) is 0. The van der Waals surface area contributed by atoms with Gasteiger partial charge < -0.3 is 5.32 Å². The van der Waals surface area contributed by atoms with E-state index < -0.39 is 0 Å². The van der Waals surface area contributed by atoms with Crippen molar-refractivity contribution in [2.45, 2.75) is 59.4 Å². The maximum Gasteiger partial charge on any atom is 0.167 e. The molecule has 2 rings (SSSR count). The summed E-state index contributed by atoms with van der Waals surface area (Å²) in [5.41, 5.74) is 2.62. The largest absolute Gasteiger partial charge is 0.364 e. The van der Waals surface area contributed by atoms with Crippen LogP contribution in [0.5, 0.6) is 0 Å². The molecule has 102 valence electrons. The Hall–Kier alpha value is -1.63. The average molecular weight is 258 g/mol. The zero-order valence-corrected chi connectivity index (χ0v) is 12.2. The van der Waals surface area contributed by atoms with Crippen molar-refractivity contribution in [1.29, 1.82) is 5.26 Å². The molecule has 1 aromatic rings. The van der Waals surface area contributed by atoms with Gasteiger partial charge in [0.1, 0.15) is 11.6 Å². The van der Waals surface area contributed by atoms with Gasteiger partial charge in [-0.25, -0.2) is 0 Å². The van der Waals surface area contributed by atoms with Gasteiger partial charge in [-0.15, -0.1) is 5.10 Å². The SMILES string of the molecule is Cc1nnc(NC2CCCCC2(C)C)c(C#N)c1C. The van der Waals surface area contributed by atoms with Gasteiger partial charge in [-0.2, -0.15) is 10.4 Å². The van der Waals surface area contributed by atoms with Crippen molar-refractivity contribution in [1.82, 2.24) is 10.2 Å². The van der Waals surface area contributed by atoms with Crippen LogP contribution in [0.1, 0.15) is 56.4 Å². The Labute approximate surface area is 115 Å². The molecule has 4 nitrogen and oxygen atoms in total. The predicted molar refractivity (Wildman–Crippen MR) is 75.9 cm³/mol. The van der Waals surface area contributed by atoms with Gasteiger partial charge in [0.25, 0.3) is 0 Å². The number of nitriles is 1. The van der Waals surface area contributed by atoms with Crippen molar-refractivity contribution in [3.8, 4) is 6.07 Å². The molecule has 0 amide bonds. The Morgan fingerprint density at radius 1 is 1.26 bits per heavy atom. The normalized spacial score (nSPS) is 21.7. The Morgan fingerprint density at radius 2 is 2.00 bits per heavy atom. The summed E-state index contributed by atoms with van der Waals surface area (Å²) in [4.78, 5) is 0. The Balaban J connectivity index is 2.29. The van der Waals surface area contributed by atoms with Gasteiger partial charge in [0.15, 0.2) is 5.82 Å². The summed E-state index contributed by atoms with van der Waals surface area (Å²) in [6, 6.07) is 2.62. The molecule has 1 aliphatic carbocycles. The minimum Gasteiger partial charge on any atom is -0.364 e.